The summed E-state index contributed by atoms with van der Waals surface area (Å²) in [5.74, 6) is -6.77. The van der Waals surface area contributed by atoms with Gasteiger partial charge in [0.2, 0.25) is 11.7 Å². The molecule has 2 amide bonds. The molecule has 2 aliphatic carbocycles. The average molecular weight is 865 g/mol. The fourth-order valence-electron chi connectivity index (χ4n) is 8.44. The van der Waals surface area contributed by atoms with Gasteiger partial charge in [0.25, 0.3) is 5.91 Å². The van der Waals surface area contributed by atoms with Gasteiger partial charge in [0.05, 0.1) is 36.0 Å². The van der Waals surface area contributed by atoms with E-state index in [0.717, 1.165) is 37.0 Å². The van der Waals surface area contributed by atoms with Crippen molar-refractivity contribution in [3.05, 3.63) is 53.6 Å². The molecule has 3 aliphatic rings. The highest BCUT2D eigenvalue weighted by molar-refractivity contribution is 6.38. The maximum Gasteiger partial charge on any atom is 0.416 e. The molecule has 2 saturated carbocycles. The minimum absolute atomic E-state index is 0.0127. The van der Waals surface area contributed by atoms with Crippen LogP contribution in [0.1, 0.15) is 133 Å². The van der Waals surface area contributed by atoms with E-state index in [4.69, 9.17) is 4.74 Å². The lowest BCUT2D eigenvalue weighted by Crippen LogP contribution is -2.51. The standard InChI is InChI=1S/C44H54F6N4O7/c1-5-9-27(39(58)37(57)16-25-12-13-25)17-35(55)34-21-31(61-30-19-28(43(45,46)47)18-29(20-30)44(48,49)50)24-54(34)41(60)32(42(2,3)4)22-36(56)38(26-10-7-6-8-11-26)53-40(59)33-23-51-14-15-52-33/h14-15,18-20,23,25-27,31-32,34,38H,5-13,16-17,21-22,24H2,1-4H3,(H,53,59)/t27-,31-,32-,34?,38+/m1/s1. The van der Waals surface area contributed by atoms with Crippen LogP contribution in [-0.4, -0.2) is 74.5 Å². The zero-order valence-corrected chi connectivity index (χ0v) is 34.9. The zero-order chi connectivity index (χ0) is 44.9. The molecule has 1 aromatic carbocycles. The number of nitrogens with one attached hydrogen (secondary N) is 1. The summed E-state index contributed by atoms with van der Waals surface area (Å²) in [6.45, 7) is 6.45. The van der Waals surface area contributed by atoms with Crippen LogP contribution < -0.4 is 10.1 Å². The Kier molecular flexibility index (Phi) is 15.2. The molecular weight excluding hydrogens is 810 g/mol. The normalized spacial score (nSPS) is 20.4. The first-order valence-corrected chi connectivity index (χ1v) is 21.0. The Bertz CT molecular complexity index is 1890. The van der Waals surface area contributed by atoms with Gasteiger partial charge in [-0.1, -0.05) is 53.4 Å². The maximum atomic E-state index is 14.9. The number of halogens is 6. The van der Waals surface area contributed by atoms with Crippen LogP contribution in [0.3, 0.4) is 0 Å². The second-order valence-corrected chi connectivity index (χ2v) is 17.8. The molecular formula is C44H54F6N4O7. The van der Waals surface area contributed by atoms with Crippen molar-refractivity contribution >= 4 is 34.9 Å². The largest absolute Gasteiger partial charge is 0.488 e. The zero-order valence-electron chi connectivity index (χ0n) is 34.9. The second kappa shape index (κ2) is 19.6. The molecule has 0 spiro atoms. The molecule has 1 N–H and O–H groups in total. The molecule has 3 fully saturated rings. The summed E-state index contributed by atoms with van der Waals surface area (Å²) in [6, 6.07) is -1.58. The molecule has 1 aromatic heterocycles. The van der Waals surface area contributed by atoms with Crippen LogP contribution >= 0.6 is 0 Å². The van der Waals surface area contributed by atoms with Crippen molar-refractivity contribution in [3.63, 3.8) is 0 Å². The van der Waals surface area contributed by atoms with Crippen LogP contribution in [0.4, 0.5) is 26.3 Å². The Morgan fingerprint density at radius 2 is 1.51 bits per heavy atom. The van der Waals surface area contributed by atoms with Gasteiger partial charge in [-0.3, -0.25) is 33.8 Å². The van der Waals surface area contributed by atoms with E-state index in [0.29, 0.717) is 31.4 Å². The van der Waals surface area contributed by atoms with Gasteiger partial charge in [-0.05, 0) is 67.6 Å². The quantitative estimate of drug-likeness (QED) is 0.116. The summed E-state index contributed by atoms with van der Waals surface area (Å²) < 4.78 is 88.4. The number of nitrogens with zero attached hydrogens (tertiary/aromatic N) is 3. The van der Waals surface area contributed by atoms with E-state index in [2.05, 4.69) is 15.3 Å². The molecule has 17 heteroatoms. The van der Waals surface area contributed by atoms with Crippen LogP contribution in [0, 0.1) is 29.1 Å². The first-order chi connectivity index (χ1) is 28.6. The van der Waals surface area contributed by atoms with Gasteiger partial charge >= 0.3 is 12.4 Å². The number of hydrogen-bond acceptors (Lipinski definition) is 9. The summed E-state index contributed by atoms with van der Waals surface area (Å²) in [7, 11) is 0. The van der Waals surface area contributed by atoms with Gasteiger partial charge in [0.15, 0.2) is 17.3 Å². The first-order valence-electron chi connectivity index (χ1n) is 21.0. The van der Waals surface area contributed by atoms with Crippen molar-refractivity contribution in [2.45, 2.75) is 142 Å². The van der Waals surface area contributed by atoms with Crippen LogP contribution in [0.5, 0.6) is 5.75 Å². The van der Waals surface area contributed by atoms with Crippen LogP contribution in [0.15, 0.2) is 36.8 Å². The number of carbonyl (C=O) groups excluding carboxylic acids is 6. The minimum atomic E-state index is -5.16. The van der Waals surface area contributed by atoms with Crippen molar-refractivity contribution in [2.75, 3.05) is 6.54 Å². The highest BCUT2D eigenvalue weighted by Gasteiger charge is 2.48. The number of ketones is 4. The lowest BCUT2D eigenvalue weighted by Gasteiger charge is -2.36. The van der Waals surface area contributed by atoms with Gasteiger partial charge < -0.3 is 15.0 Å². The fourth-order valence-corrected chi connectivity index (χ4v) is 8.44. The van der Waals surface area contributed by atoms with Crippen LogP contribution in [0.2, 0.25) is 0 Å². The second-order valence-electron chi connectivity index (χ2n) is 17.8. The highest BCUT2D eigenvalue weighted by Crippen LogP contribution is 2.41. The monoisotopic (exact) mass is 864 g/mol. The number of rotatable bonds is 18. The number of carbonyl (C=O) groups is 6. The van der Waals surface area contributed by atoms with Gasteiger partial charge in [-0.25, -0.2) is 4.98 Å². The molecule has 2 heterocycles. The van der Waals surface area contributed by atoms with Crippen LogP contribution in [0.25, 0.3) is 0 Å². The Morgan fingerprint density at radius 1 is 0.869 bits per heavy atom. The number of ether oxygens (including phenoxy) is 1. The molecule has 0 radical (unpaired) electrons. The number of Topliss-reactive ketones (excluding diaryl/α,β-unsaturated/α-hetero) is 4. The average Bonchev–Trinajstić information content (AvgIpc) is 3.92. The molecule has 2 aromatic rings. The fraction of sp³-hybridized carbons (Fsp3) is 0.636. The van der Waals surface area contributed by atoms with E-state index in [1.54, 1.807) is 27.7 Å². The maximum absolute atomic E-state index is 14.9. The van der Waals surface area contributed by atoms with Gasteiger partial charge in [-0.15, -0.1) is 0 Å². The molecule has 1 aliphatic heterocycles. The van der Waals surface area contributed by atoms with E-state index in [1.165, 1.54) is 18.6 Å². The van der Waals surface area contributed by atoms with E-state index in [-0.39, 0.29) is 49.3 Å². The lowest BCUT2D eigenvalue weighted by atomic mass is 9.74. The first kappa shape index (κ1) is 47.4. The number of likely N-dealkylation sites (tertiary alicyclic amines) is 1. The number of hydrogen-bond donors (Lipinski definition) is 1. The Labute approximate surface area is 351 Å². The van der Waals surface area contributed by atoms with Crippen LogP contribution in [-0.2, 0) is 36.3 Å². The summed E-state index contributed by atoms with van der Waals surface area (Å²) in [4.78, 5) is 92.2. The molecule has 5 rings (SSSR count). The van der Waals surface area contributed by atoms with Crippen molar-refractivity contribution < 1.29 is 59.8 Å². The lowest BCUT2D eigenvalue weighted by molar-refractivity contribution is -0.147. The summed E-state index contributed by atoms with van der Waals surface area (Å²) in [5.41, 5.74) is -4.19. The Balaban J connectivity index is 1.46. The van der Waals surface area contributed by atoms with Crippen molar-refractivity contribution in [3.8, 4) is 5.75 Å². The molecule has 0 bridgehead atoms. The van der Waals surface area contributed by atoms with Gasteiger partial charge in [0, 0.05) is 49.9 Å². The molecule has 334 valence electrons. The molecule has 5 atom stereocenters. The third-order valence-corrected chi connectivity index (χ3v) is 12.0. The third-order valence-electron chi connectivity index (χ3n) is 12.0. The smallest absolute Gasteiger partial charge is 0.416 e. The summed E-state index contributed by atoms with van der Waals surface area (Å²) in [5, 5.41) is 2.82. The Morgan fingerprint density at radius 3 is 2.05 bits per heavy atom. The Hall–Kier alpha value is -4.70. The molecule has 61 heavy (non-hydrogen) atoms. The van der Waals surface area contributed by atoms with Gasteiger partial charge in [-0.2, -0.15) is 26.3 Å². The van der Waals surface area contributed by atoms with E-state index in [1.807, 2.05) is 0 Å². The number of alkyl halides is 6. The summed E-state index contributed by atoms with van der Waals surface area (Å²) in [6.07, 6.45) is -2.60. The number of amides is 2. The third kappa shape index (κ3) is 12.7. The molecule has 1 saturated heterocycles. The van der Waals surface area contributed by atoms with Gasteiger partial charge in [0.1, 0.15) is 17.5 Å². The number of aromatic nitrogens is 2. The summed E-state index contributed by atoms with van der Waals surface area (Å²) >= 11 is 0. The molecule has 1 unspecified atom stereocenters. The number of benzene rings is 1. The topological polar surface area (TPSA) is 153 Å². The van der Waals surface area contributed by atoms with Crippen molar-refractivity contribution in [1.29, 1.82) is 0 Å². The van der Waals surface area contributed by atoms with Crippen molar-refractivity contribution in [2.24, 2.45) is 29.1 Å². The predicted molar refractivity (Wildman–Crippen MR) is 209 cm³/mol. The van der Waals surface area contributed by atoms with E-state index < -0.39 is 113 Å². The van der Waals surface area contributed by atoms with E-state index in [9.17, 15) is 55.1 Å². The highest BCUT2D eigenvalue weighted by atomic mass is 19.4. The SMILES string of the molecule is CCC[C@H](CC(=O)C1C[C@@H](Oc2cc(C(F)(F)F)cc(C(F)(F)F)c2)CN1C(=O)[C@@H](CC(=O)[C@@H](NC(=O)c1cnccn1)C1CCCCC1)C(C)(C)C)C(=O)C(=O)CC1CC1. The van der Waals surface area contributed by atoms with E-state index >= 15 is 0 Å². The predicted octanol–water partition coefficient (Wildman–Crippen LogP) is 8.18. The minimum Gasteiger partial charge on any atom is -0.488 e. The molecule has 11 nitrogen and oxygen atoms in total. The van der Waals surface area contributed by atoms with Crippen molar-refractivity contribution in [1.82, 2.24) is 20.2 Å².